The second-order valence-corrected chi connectivity index (χ2v) is 5.27. The van der Waals surface area contributed by atoms with Gasteiger partial charge in [0, 0.05) is 0 Å². The molecule has 3 aromatic rings. The first-order valence-corrected chi connectivity index (χ1v) is 6.48. The van der Waals surface area contributed by atoms with Gasteiger partial charge in [-0.1, -0.05) is 36.4 Å². The van der Waals surface area contributed by atoms with E-state index in [1.54, 1.807) is 0 Å². The first kappa shape index (κ1) is 11.3. The predicted octanol–water partition coefficient (Wildman–Crippen LogP) is 5.23. The van der Waals surface area contributed by atoms with Crippen LogP contribution in [0.1, 0.15) is 22.3 Å². The highest BCUT2D eigenvalue weighted by molar-refractivity contribution is 6.09. The summed E-state index contributed by atoms with van der Waals surface area (Å²) >= 11 is 0. The van der Waals surface area contributed by atoms with E-state index in [1.807, 2.05) is 0 Å². The molecule has 0 fully saturated rings. The van der Waals surface area contributed by atoms with E-state index in [0.717, 1.165) is 0 Å². The van der Waals surface area contributed by atoms with Gasteiger partial charge in [-0.2, -0.15) is 0 Å². The van der Waals surface area contributed by atoms with Crippen LogP contribution in [0.15, 0.2) is 36.4 Å². The molecule has 0 atom stereocenters. The Morgan fingerprint density at radius 1 is 0.444 bits per heavy atom. The van der Waals surface area contributed by atoms with E-state index in [2.05, 4.69) is 64.1 Å². The molecule has 0 nitrogen and oxygen atoms in total. The number of aryl methyl sites for hydroxylation is 4. The number of hydrogen-bond acceptors (Lipinski definition) is 0. The molecule has 0 unspecified atom stereocenters. The highest BCUT2D eigenvalue weighted by Crippen LogP contribution is 2.31. The maximum atomic E-state index is 2.27. The SMILES string of the molecule is Cc1ccc2c(ccc3c(C)c(C)ccc32)c1C. The van der Waals surface area contributed by atoms with Gasteiger partial charge in [0.05, 0.1) is 0 Å². The molecule has 0 bridgehead atoms. The topological polar surface area (TPSA) is 0 Å². The molecule has 0 heterocycles. The van der Waals surface area contributed by atoms with Crippen LogP contribution in [0.5, 0.6) is 0 Å². The van der Waals surface area contributed by atoms with Crippen LogP contribution in [0, 0.1) is 27.7 Å². The van der Waals surface area contributed by atoms with Gasteiger partial charge in [0.1, 0.15) is 0 Å². The van der Waals surface area contributed by atoms with Crippen molar-refractivity contribution in [3.63, 3.8) is 0 Å². The van der Waals surface area contributed by atoms with Crippen LogP contribution >= 0.6 is 0 Å². The second-order valence-electron chi connectivity index (χ2n) is 5.27. The van der Waals surface area contributed by atoms with Gasteiger partial charge in [-0.25, -0.2) is 0 Å². The van der Waals surface area contributed by atoms with E-state index in [9.17, 15) is 0 Å². The zero-order chi connectivity index (χ0) is 12.9. The van der Waals surface area contributed by atoms with Gasteiger partial charge in [-0.15, -0.1) is 0 Å². The van der Waals surface area contributed by atoms with Gasteiger partial charge in [0.2, 0.25) is 0 Å². The largest absolute Gasteiger partial charge is 0.0584 e. The summed E-state index contributed by atoms with van der Waals surface area (Å²) in [5.74, 6) is 0. The van der Waals surface area contributed by atoms with Gasteiger partial charge in [-0.05, 0) is 71.5 Å². The van der Waals surface area contributed by atoms with Crippen LogP contribution in [-0.4, -0.2) is 0 Å². The van der Waals surface area contributed by atoms with Crippen molar-refractivity contribution in [2.45, 2.75) is 27.7 Å². The summed E-state index contributed by atoms with van der Waals surface area (Å²) < 4.78 is 0. The minimum Gasteiger partial charge on any atom is -0.0584 e. The molecule has 0 saturated carbocycles. The zero-order valence-electron chi connectivity index (χ0n) is 11.5. The smallest absolute Gasteiger partial charge is 0.0102 e. The van der Waals surface area contributed by atoms with Crippen LogP contribution in [0.2, 0.25) is 0 Å². The van der Waals surface area contributed by atoms with Gasteiger partial charge < -0.3 is 0 Å². The summed E-state index contributed by atoms with van der Waals surface area (Å²) in [5.41, 5.74) is 5.52. The number of hydrogen-bond donors (Lipinski definition) is 0. The fraction of sp³-hybridized carbons (Fsp3) is 0.222. The van der Waals surface area contributed by atoms with Crippen molar-refractivity contribution in [2.75, 3.05) is 0 Å². The molecule has 0 aliphatic heterocycles. The quantitative estimate of drug-likeness (QED) is 0.467. The summed E-state index contributed by atoms with van der Waals surface area (Å²) in [7, 11) is 0. The molecule has 3 rings (SSSR count). The summed E-state index contributed by atoms with van der Waals surface area (Å²) in [5, 5.41) is 5.51. The lowest BCUT2D eigenvalue weighted by molar-refractivity contribution is 1.37. The minimum absolute atomic E-state index is 1.37. The van der Waals surface area contributed by atoms with Crippen LogP contribution < -0.4 is 0 Å². The zero-order valence-corrected chi connectivity index (χ0v) is 11.5. The molecule has 0 saturated heterocycles. The van der Waals surface area contributed by atoms with Crippen molar-refractivity contribution in [1.82, 2.24) is 0 Å². The van der Waals surface area contributed by atoms with Crippen molar-refractivity contribution in [3.05, 3.63) is 58.7 Å². The Labute approximate surface area is 108 Å². The molecular weight excluding hydrogens is 216 g/mol. The standard InChI is InChI=1S/C18H18/c1-11-5-7-17-15(13(11)3)9-10-16-14(4)12(2)6-8-18(16)17/h5-10H,1-4H3. The third-order valence-electron chi connectivity index (χ3n) is 4.28. The van der Waals surface area contributed by atoms with Gasteiger partial charge in [0.15, 0.2) is 0 Å². The third kappa shape index (κ3) is 1.45. The first-order chi connectivity index (χ1) is 8.59. The van der Waals surface area contributed by atoms with E-state index in [1.165, 1.54) is 43.8 Å². The molecule has 90 valence electrons. The molecule has 0 aromatic heterocycles. The fourth-order valence-electron chi connectivity index (χ4n) is 2.74. The molecule has 3 aromatic carbocycles. The fourth-order valence-corrected chi connectivity index (χ4v) is 2.74. The lowest BCUT2D eigenvalue weighted by Gasteiger charge is -2.11. The van der Waals surface area contributed by atoms with Crippen molar-refractivity contribution < 1.29 is 0 Å². The van der Waals surface area contributed by atoms with Crippen molar-refractivity contribution in [2.24, 2.45) is 0 Å². The van der Waals surface area contributed by atoms with Crippen LogP contribution in [0.4, 0.5) is 0 Å². The Kier molecular flexibility index (Phi) is 2.41. The van der Waals surface area contributed by atoms with Crippen LogP contribution in [-0.2, 0) is 0 Å². The Morgan fingerprint density at radius 2 is 0.778 bits per heavy atom. The normalized spacial score (nSPS) is 11.3. The molecule has 18 heavy (non-hydrogen) atoms. The van der Waals surface area contributed by atoms with Gasteiger partial charge in [0.25, 0.3) is 0 Å². The lowest BCUT2D eigenvalue weighted by atomic mass is 9.93. The number of rotatable bonds is 0. The van der Waals surface area contributed by atoms with Crippen LogP contribution in [0.3, 0.4) is 0 Å². The number of benzene rings is 3. The van der Waals surface area contributed by atoms with E-state index in [-0.39, 0.29) is 0 Å². The van der Waals surface area contributed by atoms with Crippen molar-refractivity contribution >= 4 is 21.5 Å². The number of fused-ring (bicyclic) bond motifs is 3. The highest BCUT2D eigenvalue weighted by Gasteiger charge is 2.06. The van der Waals surface area contributed by atoms with Crippen LogP contribution in [0.25, 0.3) is 21.5 Å². The Bertz CT molecular complexity index is 697. The monoisotopic (exact) mass is 234 g/mol. The maximum Gasteiger partial charge on any atom is -0.0102 e. The lowest BCUT2D eigenvalue weighted by Crippen LogP contribution is -1.88. The van der Waals surface area contributed by atoms with E-state index in [0.29, 0.717) is 0 Å². The summed E-state index contributed by atoms with van der Waals surface area (Å²) in [6.45, 7) is 8.79. The molecule has 0 aliphatic rings. The third-order valence-corrected chi connectivity index (χ3v) is 4.28. The molecular formula is C18H18. The second kappa shape index (κ2) is 3.84. The average Bonchev–Trinajstić information content (AvgIpc) is 2.38. The molecule has 0 N–H and O–H groups in total. The van der Waals surface area contributed by atoms with Crippen molar-refractivity contribution in [3.8, 4) is 0 Å². The molecule has 0 heteroatoms. The van der Waals surface area contributed by atoms with Gasteiger partial charge >= 0.3 is 0 Å². The Balaban J connectivity index is 2.56. The van der Waals surface area contributed by atoms with Gasteiger partial charge in [-0.3, -0.25) is 0 Å². The molecule has 0 aliphatic carbocycles. The minimum atomic E-state index is 1.37. The molecule has 0 spiro atoms. The average molecular weight is 234 g/mol. The maximum absolute atomic E-state index is 2.27. The summed E-state index contributed by atoms with van der Waals surface area (Å²) in [4.78, 5) is 0. The Hall–Kier alpha value is -1.82. The first-order valence-electron chi connectivity index (χ1n) is 6.48. The predicted molar refractivity (Wildman–Crippen MR) is 80.4 cm³/mol. The molecule has 0 amide bonds. The van der Waals surface area contributed by atoms with E-state index >= 15 is 0 Å². The highest BCUT2D eigenvalue weighted by atomic mass is 14.1. The van der Waals surface area contributed by atoms with Crippen molar-refractivity contribution in [1.29, 1.82) is 0 Å². The molecule has 0 radical (unpaired) electrons. The Morgan fingerprint density at radius 3 is 1.17 bits per heavy atom. The van der Waals surface area contributed by atoms with E-state index < -0.39 is 0 Å². The summed E-state index contributed by atoms with van der Waals surface area (Å²) in [6.07, 6.45) is 0. The summed E-state index contributed by atoms with van der Waals surface area (Å²) in [6, 6.07) is 13.5. The van der Waals surface area contributed by atoms with E-state index in [4.69, 9.17) is 0 Å².